The molecule has 0 aromatic heterocycles. The SMILES string of the molecule is CC(C)(C)CC(C)(C)[NH].Cl. The number of nitrogens with one attached hydrogen (secondary N) is 1. The highest BCUT2D eigenvalue weighted by atomic mass is 35.5. The van der Waals surface area contributed by atoms with Crippen molar-refractivity contribution in [2.24, 2.45) is 5.41 Å². The summed E-state index contributed by atoms with van der Waals surface area (Å²) < 4.78 is 0. The molecule has 0 aliphatic carbocycles. The molecule has 0 fully saturated rings. The summed E-state index contributed by atoms with van der Waals surface area (Å²) in [5, 5.41) is 0. The van der Waals surface area contributed by atoms with Crippen LogP contribution in [0.2, 0.25) is 0 Å². The molecule has 0 amide bonds. The predicted octanol–water partition coefficient (Wildman–Crippen LogP) is 2.91. The third-order valence-electron chi connectivity index (χ3n) is 0.972. The first-order valence-electron chi connectivity index (χ1n) is 3.46. The molecule has 0 aromatic carbocycles. The number of hydrogen-bond acceptors (Lipinski definition) is 0. The molecule has 0 saturated heterocycles. The van der Waals surface area contributed by atoms with Gasteiger partial charge in [0.25, 0.3) is 0 Å². The van der Waals surface area contributed by atoms with E-state index in [1.807, 2.05) is 13.8 Å². The van der Waals surface area contributed by atoms with Crippen LogP contribution in [0.3, 0.4) is 0 Å². The van der Waals surface area contributed by atoms with Crippen LogP contribution in [-0.2, 0) is 0 Å². The minimum absolute atomic E-state index is 0. The van der Waals surface area contributed by atoms with Gasteiger partial charge in [0.15, 0.2) is 0 Å². The standard InChI is InChI=1S/C8H18N.ClH/c1-7(2,3)6-8(4,5)9;/h9H,6H2,1-5H3;1H. The topological polar surface area (TPSA) is 23.8 Å². The Kier molecular flexibility index (Phi) is 4.62. The third kappa shape index (κ3) is 11.1. The molecule has 0 heterocycles. The maximum Gasteiger partial charge on any atom is 0.0272 e. The monoisotopic (exact) mass is 164 g/mol. The van der Waals surface area contributed by atoms with Crippen LogP contribution in [0.4, 0.5) is 0 Å². The average Bonchev–Trinajstić information content (AvgIpc) is 1.14. The van der Waals surface area contributed by atoms with E-state index in [2.05, 4.69) is 20.8 Å². The Morgan fingerprint density at radius 2 is 1.30 bits per heavy atom. The Morgan fingerprint density at radius 1 is 1.00 bits per heavy atom. The minimum Gasteiger partial charge on any atom is -0.252 e. The molecule has 0 aliphatic rings. The zero-order valence-corrected chi connectivity index (χ0v) is 8.43. The summed E-state index contributed by atoms with van der Waals surface area (Å²) in [6, 6.07) is 0. The van der Waals surface area contributed by atoms with E-state index in [9.17, 15) is 0 Å². The van der Waals surface area contributed by atoms with E-state index in [0.29, 0.717) is 5.41 Å². The Balaban J connectivity index is 0. The highest BCUT2D eigenvalue weighted by Gasteiger charge is 2.21. The van der Waals surface area contributed by atoms with Crippen molar-refractivity contribution in [3.8, 4) is 0 Å². The van der Waals surface area contributed by atoms with Crippen LogP contribution < -0.4 is 5.73 Å². The molecule has 1 N–H and O–H groups in total. The van der Waals surface area contributed by atoms with Crippen LogP contribution in [0.5, 0.6) is 0 Å². The zero-order valence-electron chi connectivity index (χ0n) is 7.62. The van der Waals surface area contributed by atoms with Crippen LogP contribution in [0.25, 0.3) is 0 Å². The fraction of sp³-hybridized carbons (Fsp3) is 1.00. The molecule has 63 valence electrons. The van der Waals surface area contributed by atoms with Crippen LogP contribution in [-0.4, -0.2) is 5.54 Å². The molecule has 1 radical (unpaired) electrons. The normalized spacial score (nSPS) is 12.6. The molecule has 0 aromatic rings. The Labute approximate surface area is 70.8 Å². The number of rotatable bonds is 1. The average molecular weight is 165 g/mol. The van der Waals surface area contributed by atoms with Gasteiger partial charge in [0, 0.05) is 5.54 Å². The summed E-state index contributed by atoms with van der Waals surface area (Å²) in [5.41, 5.74) is 7.62. The van der Waals surface area contributed by atoms with Gasteiger partial charge >= 0.3 is 0 Å². The van der Waals surface area contributed by atoms with Gasteiger partial charge in [-0.05, 0) is 25.7 Å². The van der Waals surface area contributed by atoms with E-state index in [-0.39, 0.29) is 17.9 Å². The second-order valence-corrected chi connectivity index (χ2v) is 4.62. The summed E-state index contributed by atoms with van der Waals surface area (Å²) in [4.78, 5) is 0. The van der Waals surface area contributed by atoms with E-state index in [1.165, 1.54) is 0 Å². The van der Waals surface area contributed by atoms with Crippen molar-refractivity contribution in [3.63, 3.8) is 0 Å². The maximum absolute atomic E-state index is 7.59. The molecule has 1 nitrogen and oxygen atoms in total. The largest absolute Gasteiger partial charge is 0.252 e. The fourth-order valence-electron chi connectivity index (χ4n) is 1.33. The van der Waals surface area contributed by atoms with E-state index in [0.717, 1.165) is 6.42 Å². The molecule has 0 saturated carbocycles. The molecular weight excluding hydrogens is 146 g/mol. The summed E-state index contributed by atoms with van der Waals surface area (Å²) in [5.74, 6) is 0. The lowest BCUT2D eigenvalue weighted by Gasteiger charge is -2.27. The highest BCUT2D eigenvalue weighted by Crippen LogP contribution is 2.25. The van der Waals surface area contributed by atoms with E-state index in [4.69, 9.17) is 5.73 Å². The quantitative estimate of drug-likeness (QED) is 0.569. The first kappa shape index (κ1) is 12.9. The van der Waals surface area contributed by atoms with E-state index >= 15 is 0 Å². The van der Waals surface area contributed by atoms with Crippen molar-refractivity contribution in [2.75, 3.05) is 0 Å². The van der Waals surface area contributed by atoms with Gasteiger partial charge in [0.1, 0.15) is 0 Å². The van der Waals surface area contributed by atoms with Crippen LogP contribution in [0.1, 0.15) is 41.0 Å². The van der Waals surface area contributed by atoms with Gasteiger partial charge in [-0.3, -0.25) is 5.73 Å². The van der Waals surface area contributed by atoms with Crippen LogP contribution in [0.15, 0.2) is 0 Å². The van der Waals surface area contributed by atoms with Crippen molar-refractivity contribution >= 4 is 12.4 Å². The molecule has 0 rings (SSSR count). The lowest BCUT2D eigenvalue weighted by Crippen LogP contribution is -2.27. The third-order valence-corrected chi connectivity index (χ3v) is 0.972. The Hall–Kier alpha value is 0.250. The van der Waals surface area contributed by atoms with Crippen LogP contribution in [0, 0.1) is 5.41 Å². The summed E-state index contributed by atoms with van der Waals surface area (Å²) >= 11 is 0. The number of hydrogen-bond donors (Lipinski definition) is 0. The highest BCUT2D eigenvalue weighted by molar-refractivity contribution is 5.85. The molecule has 0 aliphatic heterocycles. The first-order chi connectivity index (χ1) is 3.71. The predicted molar refractivity (Wildman–Crippen MR) is 48.5 cm³/mol. The lowest BCUT2D eigenvalue weighted by atomic mass is 9.82. The molecule has 10 heavy (non-hydrogen) atoms. The second-order valence-electron chi connectivity index (χ2n) is 4.62. The molecule has 2 heteroatoms. The second kappa shape index (κ2) is 3.59. The minimum atomic E-state index is -0.266. The van der Waals surface area contributed by atoms with Crippen molar-refractivity contribution in [1.29, 1.82) is 0 Å². The van der Waals surface area contributed by atoms with E-state index in [1.54, 1.807) is 0 Å². The molecule has 0 unspecified atom stereocenters. The lowest BCUT2D eigenvalue weighted by molar-refractivity contribution is 0.280. The first-order valence-corrected chi connectivity index (χ1v) is 3.46. The molecular formula is C8H19ClN. The molecule has 0 atom stereocenters. The van der Waals surface area contributed by atoms with Gasteiger partial charge < -0.3 is 0 Å². The zero-order chi connectivity index (χ0) is 7.71. The van der Waals surface area contributed by atoms with Crippen molar-refractivity contribution < 1.29 is 0 Å². The van der Waals surface area contributed by atoms with Crippen LogP contribution >= 0.6 is 12.4 Å². The van der Waals surface area contributed by atoms with Crippen molar-refractivity contribution in [1.82, 2.24) is 5.73 Å². The Morgan fingerprint density at radius 3 is 1.30 bits per heavy atom. The van der Waals surface area contributed by atoms with Crippen molar-refractivity contribution in [2.45, 2.75) is 46.6 Å². The molecule has 0 bridgehead atoms. The van der Waals surface area contributed by atoms with E-state index < -0.39 is 0 Å². The van der Waals surface area contributed by atoms with Gasteiger partial charge in [-0.2, -0.15) is 0 Å². The van der Waals surface area contributed by atoms with Gasteiger partial charge in [0.2, 0.25) is 0 Å². The number of halogens is 1. The smallest absolute Gasteiger partial charge is 0.0272 e. The summed E-state index contributed by atoms with van der Waals surface area (Å²) in [6.07, 6.45) is 0.958. The van der Waals surface area contributed by atoms with Crippen molar-refractivity contribution in [3.05, 3.63) is 0 Å². The van der Waals surface area contributed by atoms with Gasteiger partial charge in [-0.1, -0.05) is 20.8 Å². The summed E-state index contributed by atoms with van der Waals surface area (Å²) in [6.45, 7) is 10.4. The fourth-order valence-corrected chi connectivity index (χ4v) is 1.33. The Bertz CT molecular complexity index is 74.4. The van der Waals surface area contributed by atoms with Gasteiger partial charge in [0.05, 0.1) is 0 Å². The van der Waals surface area contributed by atoms with Gasteiger partial charge in [-0.25, -0.2) is 0 Å². The summed E-state index contributed by atoms with van der Waals surface area (Å²) in [7, 11) is 0. The molecule has 0 spiro atoms. The van der Waals surface area contributed by atoms with Gasteiger partial charge in [-0.15, -0.1) is 12.4 Å². The maximum atomic E-state index is 7.59.